The fourth-order valence-corrected chi connectivity index (χ4v) is 3.32. The molecule has 0 aliphatic carbocycles. The fourth-order valence-electron chi connectivity index (χ4n) is 2.03. The Balaban J connectivity index is 2.21. The normalized spacial score (nSPS) is 13.3. The van der Waals surface area contributed by atoms with Gasteiger partial charge >= 0.3 is 0 Å². The summed E-state index contributed by atoms with van der Waals surface area (Å²) in [5.74, 6) is 0. The Morgan fingerprint density at radius 3 is 2.50 bits per heavy atom. The molecular formula is C14H18N2O2S2. The van der Waals surface area contributed by atoms with Crippen molar-refractivity contribution in [1.29, 1.82) is 0 Å². The number of likely N-dealkylation sites (N-methyl/N-ethyl adjacent to an activating group) is 1. The lowest BCUT2D eigenvalue weighted by atomic mass is 10.0. The van der Waals surface area contributed by atoms with Crippen LogP contribution in [0.1, 0.15) is 23.5 Å². The predicted octanol–water partition coefficient (Wildman–Crippen LogP) is 2.44. The zero-order valence-electron chi connectivity index (χ0n) is 11.5. The quantitative estimate of drug-likeness (QED) is 0.890. The lowest BCUT2D eigenvalue weighted by Gasteiger charge is -2.17. The summed E-state index contributed by atoms with van der Waals surface area (Å²) in [4.78, 5) is 4.66. The molecule has 0 fully saturated rings. The Morgan fingerprint density at radius 2 is 2.00 bits per heavy atom. The highest BCUT2D eigenvalue weighted by Gasteiger charge is 2.14. The van der Waals surface area contributed by atoms with E-state index in [1.54, 1.807) is 29.7 Å². The lowest BCUT2D eigenvalue weighted by molar-refractivity contribution is 0.548. The number of sulfone groups is 1. The summed E-state index contributed by atoms with van der Waals surface area (Å²) in [7, 11) is -3.14. The summed E-state index contributed by atoms with van der Waals surface area (Å²) < 4.78 is 22.9. The van der Waals surface area contributed by atoms with Crippen LogP contribution >= 0.6 is 11.3 Å². The second kappa shape index (κ2) is 6.47. The van der Waals surface area contributed by atoms with E-state index < -0.39 is 9.84 Å². The number of nitrogens with one attached hydrogen (secondary N) is 1. The average Bonchev–Trinajstić information content (AvgIpc) is 2.90. The number of nitrogens with zero attached hydrogens (tertiary/aromatic N) is 1. The minimum atomic E-state index is -3.14. The Bertz CT molecular complexity index is 634. The van der Waals surface area contributed by atoms with E-state index >= 15 is 0 Å². The molecule has 1 atom stereocenters. The van der Waals surface area contributed by atoms with E-state index in [1.165, 1.54) is 6.26 Å². The van der Waals surface area contributed by atoms with Gasteiger partial charge in [-0.05, 0) is 24.2 Å². The first-order valence-electron chi connectivity index (χ1n) is 6.42. The van der Waals surface area contributed by atoms with Crippen LogP contribution in [0.4, 0.5) is 0 Å². The van der Waals surface area contributed by atoms with Crippen molar-refractivity contribution in [2.24, 2.45) is 0 Å². The van der Waals surface area contributed by atoms with Crippen molar-refractivity contribution in [2.75, 3.05) is 12.8 Å². The number of thiazole rings is 1. The smallest absolute Gasteiger partial charge is 0.175 e. The van der Waals surface area contributed by atoms with Gasteiger partial charge in [-0.25, -0.2) is 13.4 Å². The maximum atomic E-state index is 11.5. The summed E-state index contributed by atoms with van der Waals surface area (Å²) >= 11 is 1.63. The number of benzene rings is 1. The van der Waals surface area contributed by atoms with Crippen molar-refractivity contribution in [3.05, 3.63) is 46.4 Å². The van der Waals surface area contributed by atoms with Gasteiger partial charge in [0, 0.05) is 30.3 Å². The molecule has 1 aromatic heterocycles. The third-order valence-corrected chi connectivity index (χ3v) is 4.95. The highest BCUT2D eigenvalue weighted by molar-refractivity contribution is 7.90. The van der Waals surface area contributed by atoms with Gasteiger partial charge in [-0.1, -0.05) is 19.1 Å². The summed E-state index contributed by atoms with van der Waals surface area (Å²) in [6, 6.07) is 7.22. The molecule has 0 amide bonds. The Labute approximate surface area is 123 Å². The van der Waals surface area contributed by atoms with Crippen LogP contribution < -0.4 is 5.32 Å². The monoisotopic (exact) mass is 310 g/mol. The zero-order chi connectivity index (χ0) is 14.6. The highest BCUT2D eigenvalue weighted by Crippen LogP contribution is 2.21. The average molecular weight is 310 g/mol. The van der Waals surface area contributed by atoms with E-state index in [0.717, 1.165) is 23.5 Å². The largest absolute Gasteiger partial charge is 0.310 e. The molecule has 4 nitrogen and oxygen atoms in total. The van der Waals surface area contributed by atoms with Gasteiger partial charge in [-0.15, -0.1) is 11.3 Å². The van der Waals surface area contributed by atoms with Crippen molar-refractivity contribution >= 4 is 21.2 Å². The summed E-state index contributed by atoms with van der Waals surface area (Å²) in [6.07, 6.45) is 3.83. The van der Waals surface area contributed by atoms with E-state index in [2.05, 4.69) is 17.2 Å². The van der Waals surface area contributed by atoms with Gasteiger partial charge in [0.2, 0.25) is 0 Å². The van der Waals surface area contributed by atoms with E-state index in [9.17, 15) is 8.42 Å². The molecule has 6 heteroatoms. The first kappa shape index (κ1) is 15.2. The maximum absolute atomic E-state index is 11.5. The van der Waals surface area contributed by atoms with Crippen LogP contribution in [-0.4, -0.2) is 26.2 Å². The molecule has 1 N–H and O–H groups in total. The van der Waals surface area contributed by atoms with Crippen molar-refractivity contribution < 1.29 is 8.42 Å². The van der Waals surface area contributed by atoms with Crippen LogP contribution in [0.3, 0.4) is 0 Å². The predicted molar refractivity (Wildman–Crippen MR) is 81.8 cm³/mol. The minimum absolute atomic E-state index is 0.153. The van der Waals surface area contributed by atoms with Crippen LogP contribution in [0.15, 0.2) is 40.7 Å². The standard InChI is InChI=1S/C14H18N2O2S2/c1-3-15-13(10-14-16-8-9-19-14)11-4-6-12(7-5-11)20(2,17)18/h4-9,13,15H,3,10H2,1-2H3. The van der Waals surface area contributed by atoms with Crippen molar-refractivity contribution in [3.8, 4) is 0 Å². The molecule has 108 valence electrons. The maximum Gasteiger partial charge on any atom is 0.175 e. The molecule has 0 aliphatic rings. The molecule has 0 aliphatic heterocycles. The van der Waals surface area contributed by atoms with Crippen LogP contribution in [0, 0.1) is 0 Å². The van der Waals surface area contributed by atoms with Gasteiger partial charge in [-0.2, -0.15) is 0 Å². The number of hydrogen-bond donors (Lipinski definition) is 1. The molecular weight excluding hydrogens is 292 g/mol. The van der Waals surface area contributed by atoms with Gasteiger partial charge < -0.3 is 5.32 Å². The molecule has 0 saturated heterocycles. The first-order chi connectivity index (χ1) is 9.50. The van der Waals surface area contributed by atoms with Gasteiger partial charge in [-0.3, -0.25) is 0 Å². The molecule has 0 bridgehead atoms. The zero-order valence-corrected chi connectivity index (χ0v) is 13.2. The molecule has 1 unspecified atom stereocenters. The van der Waals surface area contributed by atoms with Crippen molar-refractivity contribution in [1.82, 2.24) is 10.3 Å². The first-order valence-corrected chi connectivity index (χ1v) is 9.19. The number of aromatic nitrogens is 1. The third-order valence-electron chi connectivity index (χ3n) is 3.02. The second-order valence-corrected chi connectivity index (χ2v) is 7.58. The number of hydrogen-bond acceptors (Lipinski definition) is 5. The van der Waals surface area contributed by atoms with Gasteiger partial charge in [0.15, 0.2) is 9.84 Å². The molecule has 1 aromatic carbocycles. The lowest BCUT2D eigenvalue weighted by Crippen LogP contribution is -2.23. The molecule has 0 saturated carbocycles. The second-order valence-electron chi connectivity index (χ2n) is 4.58. The summed E-state index contributed by atoms with van der Waals surface area (Å²) in [5.41, 5.74) is 1.08. The van der Waals surface area contributed by atoms with Crippen LogP contribution in [0.25, 0.3) is 0 Å². The molecule has 1 heterocycles. The molecule has 2 rings (SSSR count). The molecule has 0 spiro atoms. The Morgan fingerprint density at radius 1 is 1.30 bits per heavy atom. The van der Waals surface area contributed by atoms with Crippen molar-refractivity contribution in [2.45, 2.75) is 24.3 Å². The molecule has 2 aromatic rings. The van der Waals surface area contributed by atoms with Gasteiger partial charge in [0.1, 0.15) is 0 Å². The summed E-state index contributed by atoms with van der Waals surface area (Å²) in [6.45, 7) is 2.91. The fraction of sp³-hybridized carbons (Fsp3) is 0.357. The van der Waals surface area contributed by atoms with Gasteiger partial charge in [0.05, 0.1) is 9.90 Å². The SMILES string of the molecule is CCNC(Cc1nccs1)c1ccc(S(C)(=O)=O)cc1. The topological polar surface area (TPSA) is 59.1 Å². The molecule has 0 radical (unpaired) electrons. The van der Waals surface area contributed by atoms with E-state index in [1.807, 2.05) is 17.5 Å². The van der Waals surface area contributed by atoms with Gasteiger partial charge in [0.25, 0.3) is 0 Å². The van der Waals surface area contributed by atoms with Crippen LogP contribution in [-0.2, 0) is 16.3 Å². The summed E-state index contributed by atoms with van der Waals surface area (Å²) in [5, 5.41) is 6.45. The van der Waals surface area contributed by atoms with E-state index in [-0.39, 0.29) is 6.04 Å². The van der Waals surface area contributed by atoms with E-state index in [4.69, 9.17) is 0 Å². The molecule has 20 heavy (non-hydrogen) atoms. The van der Waals surface area contributed by atoms with Crippen molar-refractivity contribution in [3.63, 3.8) is 0 Å². The van der Waals surface area contributed by atoms with E-state index in [0.29, 0.717) is 4.90 Å². The minimum Gasteiger partial charge on any atom is -0.310 e. The van der Waals surface area contributed by atoms with Crippen LogP contribution in [0.5, 0.6) is 0 Å². The highest BCUT2D eigenvalue weighted by atomic mass is 32.2. The number of rotatable bonds is 6. The Hall–Kier alpha value is -1.24. The Kier molecular flexibility index (Phi) is 4.91. The van der Waals surface area contributed by atoms with Crippen LogP contribution in [0.2, 0.25) is 0 Å². The third kappa shape index (κ3) is 3.88.